The molecule has 0 aromatic rings. The van der Waals surface area contributed by atoms with Gasteiger partial charge in [-0.2, -0.15) is 0 Å². The molecule has 1 saturated carbocycles. The number of rotatable bonds is 5. The van der Waals surface area contributed by atoms with E-state index in [0.717, 1.165) is 6.42 Å². The molecule has 2 aliphatic carbocycles. The summed E-state index contributed by atoms with van der Waals surface area (Å²) in [7, 11) is 1.67. The van der Waals surface area contributed by atoms with Crippen LogP contribution in [0.3, 0.4) is 0 Å². The van der Waals surface area contributed by atoms with E-state index in [4.69, 9.17) is 6.42 Å². The van der Waals surface area contributed by atoms with E-state index in [1.165, 1.54) is 4.90 Å². The van der Waals surface area contributed by atoms with Crippen LogP contribution in [0.1, 0.15) is 12.8 Å². The number of nitrogens with one attached hydrogen (secondary N) is 2. The molecule has 3 aliphatic rings. The quantitative estimate of drug-likeness (QED) is 0.124. The fraction of sp³-hybridized carbons (Fsp3) is 0.588. The molecule has 7 heteroatoms. The molecule has 2 bridgehead atoms. The minimum absolute atomic E-state index is 0. The van der Waals surface area contributed by atoms with Gasteiger partial charge in [-0.25, -0.2) is 0 Å². The van der Waals surface area contributed by atoms with Crippen LogP contribution in [0.4, 0.5) is 0 Å². The first-order valence-electron chi connectivity index (χ1n) is 8.09. The van der Waals surface area contributed by atoms with Crippen molar-refractivity contribution in [3.05, 3.63) is 12.2 Å². The van der Waals surface area contributed by atoms with Gasteiger partial charge in [0, 0.05) is 20.1 Å². The van der Waals surface area contributed by atoms with Crippen LogP contribution >= 0.6 is 24.0 Å². The topological polar surface area (TPSA) is 73.8 Å². The van der Waals surface area contributed by atoms with Crippen LogP contribution in [0.15, 0.2) is 17.1 Å². The van der Waals surface area contributed by atoms with Crippen LogP contribution < -0.4 is 10.6 Å². The van der Waals surface area contributed by atoms with Crippen molar-refractivity contribution >= 4 is 41.8 Å². The third kappa shape index (κ3) is 3.29. The second-order valence-electron chi connectivity index (χ2n) is 6.24. The lowest BCUT2D eigenvalue weighted by molar-refractivity contribution is -0.140. The predicted octanol–water partition coefficient (Wildman–Crippen LogP) is 0.600. The maximum Gasteiger partial charge on any atom is 0.233 e. The Morgan fingerprint density at radius 3 is 2.46 bits per heavy atom. The summed E-state index contributed by atoms with van der Waals surface area (Å²) in [4.78, 5) is 30.5. The smallest absolute Gasteiger partial charge is 0.233 e. The number of hydrogen-bond donors (Lipinski definition) is 2. The van der Waals surface area contributed by atoms with Gasteiger partial charge < -0.3 is 10.6 Å². The molecule has 130 valence electrons. The predicted molar refractivity (Wildman–Crippen MR) is 103 cm³/mol. The third-order valence-corrected chi connectivity index (χ3v) is 4.99. The maximum absolute atomic E-state index is 12.5. The Labute approximate surface area is 159 Å². The van der Waals surface area contributed by atoms with Crippen molar-refractivity contribution in [2.45, 2.75) is 12.8 Å². The molecule has 4 unspecified atom stereocenters. The molecule has 2 amide bonds. The summed E-state index contributed by atoms with van der Waals surface area (Å²) in [6.07, 6.45) is 11.1. The Hall–Kier alpha value is -1.56. The van der Waals surface area contributed by atoms with Crippen molar-refractivity contribution in [1.82, 2.24) is 15.5 Å². The summed E-state index contributed by atoms with van der Waals surface area (Å²) in [6, 6.07) is 0. The van der Waals surface area contributed by atoms with E-state index in [0.29, 0.717) is 32.0 Å². The molecule has 2 fully saturated rings. The van der Waals surface area contributed by atoms with Gasteiger partial charge in [-0.05, 0) is 24.7 Å². The first-order chi connectivity index (χ1) is 11.2. The Morgan fingerprint density at radius 1 is 1.29 bits per heavy atom. The van der Waals surface area contributed by atoms with Crippen molar-refractivity contribution in [3.63, 3.8) is 0 Å². The Kier molecular flexibility index (Phi) is 6.27. The van der Waals surface area contributed by atoms with E-state index in [9.17, 15) is 9.59 Å². The zero-order valence-electron chi connectivity index (χ0n) is 13.7. The van der Waals surface area contributed by atoms with E-state index in [-0.39, 0.29) is 59.5 Å². The molecular formula is C17H23IN4O2. The van der Waals surface area contributed by atoms with E-state index < -0.39 is 0 Å². The highest BCUT2D eigenvalue weighted by molar-refractivity contribution is 14.0. The van der Waals surface area contributed by atoms with Gasteiger partial charge in [0.25, 0.3) is 0 Å². The number of guanidine groups is 1. The number of aliphatic imine (C=N–C) groups is 1. The lowest BCUT2D eigenvalue weighted by Crippen LogP contribution is -2.40. The third-order valence-electron chi connectivity index (χ3n) is 4.99. The van der Waals surface area contributed by atoms with Crippen molar-refractivity contribution in [2.24, 2.45) is 28.7 Å². The molecule has 0 aromatic carbocycles. The Balaban J connectivity index is 0.00000208. The standard InChI is InChI=1S/C17H22N4O2.HI/c1-3-7-19-17(18-2)20-8-4-9-21-15(22)13-11-5-6-12(10-11)14(13)16(21)23;/h1,5-6,11-14H,4,7-10H2,2H3,(H2,18,19,20);1H. The molecular weight excluding hydrogens is 419 g/mol. The van der Waals surface area contributed by atoms with Gasteiger partial charge in [0.15, 0.2) is 5.96 Å². The van der Waals surface area contributed by atoms with Crippen LogP contribution in [0.25, 0.3) is 0 Å². The van der Waals surface area contributed by atoms with Crippen LogP contribution in [-0.4, -0.2) is 49.4 Å². The number of nitrogens with zero attached hydrogens (tertiary/aromatic N) is 2. The summed E-state index contributed by atoms with van der Waals surface area (Å²) < 4.78 is 0. The van der Waals surface area contributed by atoms with Crippen molar-refractivity contribution < 1.29 is 9.59 Å². The Bertz CT molecular complexity index is 580. The van der Waals surface area contributed by atoms with Gasteiger partial charge in [0.1, 0.15) is 0 Å². The van der Waals surface area contributed by atoms with Crippen molar-refractivity contribution in [2.75, 3.05) is 26.7 Å². The summed E-state index contributed by atoms with van der Waals surface area (Å²) in [6.45, 7) is 1.49. The monoisotopic (exact) mass is 442 g/mol. The van der Waals surface area contributed by atoms with Gasteiger partial charge in [-0.3, -0.25) is 19.5 Å². The minimum Gasteiger partial charge on any atom is -0.356 e. The van der Waals surface area contributed by atoms with Gasteiger partial charge in [-0.1, -0.05) is 18.1 Å². The number of fused-ring (bicyclic) bond motifs is 5. The number of likely N-dealkylation sites (tertiary alicyclic amines) is 1. The van der Waals surface area contributed by atoms with Crippen LogP contribution in [0.5, 0.6) is 0 Å². The van der Waals surface area contributed by atoms with Crippen LogP contribution in [-0.2, 0) is 9.59 Å². The minimum atomic E-state index is -0.101. The first-order valence-corrected chi connectivity index (χ1v) is 8.09. The highest BCUT2D eigenvalue weighted by Gasteiger charge is 2.58. The summed E-state index contributed by atoms with van der Waals surface area (Å²) >= 11 is 0. The zero-order chi connectivity index (χ0) is 16.4. The van der Waals surface area contributed by atoms with Gasteiger partial charge in [0.05, 0.1) is 18.4 Å². The van der Waals surface area contributed by atoms with Crippen molar-refractivity contribution in [1.29, 1.82) is 0 Å². The summed E-state index contributed by atoms with van der Waals surface area (Å²) in [5.74, 6) is 3.49. The van der Waals surface area contributed by atoms with E-state index in [2.05, 4.69) is 33.7 Å². The highest BCUT2D eigenvalue weighted by Crippen LogP contribution is 2.52. The lowest BCUT2D eigenvalue weighted by Gasteiger charge is -2.17. The van der Waals surface area contributed by atoms with Crippen LogP contribution in [0, 0.1) is 36.0 Å². The zero-order valence-corrected chi connectivity index (χ0v) is 16.0. The molecule has 0 spiro atoms. The largest absolute Gasteiger partial charge is 0.356 e. The maximum atomic E-state index is 12.5. The summed E-state index contributed by atoms with van der Waals surface area (Å²) in [5.41, 5.74) is 0. The number of allylic oxidation sites excluding steroid dienone is 2. The van der Waals surface area contributed by atoms with Gasteiger partial charge in [0.2, 0.25) is 11.8 Å². The van der Waals surface area contributed by atoms with E-state index >= 15 is 0 Å². The molecule has 3 rings (SSSR count). The molecule has 1 heterocycles. The van der Waals surface area contributed by atoms with Crippen LogP contribution in [0.2, 0.25) is 0 Å². The number of carbonyl (C=O) groups excluding carboxylic acids is 2. The molecule has 0 aromatic heterocycles. The molecule has 1 saturated heterocycles. The number of terminal acetylenes is 1. The highest BCUT2D eigenvalue weighted by atomic mass is 127. The molecule has 6 nitrogen and oxygen atoms in total. The average molecular weight is 442 g/mol. The fourth-order valence-corrected chi connectivity index (χ4v) is 3.98. The second-order valence-corrected chi connectivity index (χ2v) is 6.24. The first kappa shape index (κ1) is 18.8. The number of carbonyl (C=O) groups is 2. The number of amides is 2. The molecule has 24 heavy (non-hydrogen) atoms. The normalized spacial score (nSPS) is 30.2. The van der Waals surface area contributed by atoms with Crippen molar-refractivity contribution in [3.8, 4) is 12.3 Å². The number of halogens is 1. The number of hydrogen-bond acceptors (Lipinski definition) is 3. The van der Waals surface area contributed by atoms with E-state index in [1.54, 1.807) is 7.05 Å². The molecule has 1 aliphatic heterocycles. The molecule has 0 radical (unpaired) electrons. The van der Waals surface area contributed by atoms with E-state index in [1.807, 2.05) is 0 Å². The Morgan fingerprint density at radius 2 is 1.92 bits per heavy atom. The summed E-state index contributed by atoms with van der Waals surface area (Å²) in [5, 5.41) is 6.08. The average Bonchev–Trinajstić information content (AvgIpc) is 3.23. The lowest BCUT2D eigenvalue weighted by atomic mass is 9.85. The molecule has 4 atom stereocenters. The fourth-order valence-electron chi connectivity index (χ4n) is 3.98. The number of imide groups is 1. The van der Waals surface area contributed by atoms with Gasteiger partial charge in [-0.15, -0.1) is 30.4 Å². The molecule has 2 N–H and O–H groups in total. The van der Waals surface area contributed by atoms with Gasteiger partial charge >= 0.3 is 0 Å². The second kappa shape index (κ2) is 8.01. The SMILES string of the molecule is C#CCNC(=NC)NCCCN1C(=O)C2C3C=CC(C3)C2C1=O.I.